The average molecular weight is 321 g/mol. The van der Waals surface area contributed by atoms with E-state index in [-0.39, 0.29) is 4.90 Å². The van der Waals surface area contributed by atoms with Crippen LogP contribution in [0.3, 0.4) is 0 Å². The van der Waals surface area contributed by atoms with E-state index in [4.69, 9.17) is 5.14 Å². The fraction of sp³-hybridized carbons (Fsp3) is 0.455. The molecule has 0 atom stereocenters. The molecule has 0 bridgehead atoms. The quantitative estimate of drug-likeness (QED) is 0.875. The Balaban J connectivity index is 2.77. The monoisotopic (exact) mass is 320 g/mol. The van der Waals surface area contributed by atoms with Gasteiger partial charge in [0.2, 0.25) is 10.0 Å². The van der Waals surface area contributed by atoms with E-state index in [1.807, 2.05) is 0 Å². The van der Waals surface area contributed by atoms with Crippen LogP contribution in [0, 0.1) is 5.92 Å². The molecule has 3 N–H and O–H groups in total. The van der Waals surface area contributed by atoms with Crippen molar-refractivity contribution >= 4 is 31.6 Å². The molecule has 0 radical (unpaired) electrons. The maximum absolute atomic E-state index is 11.1. The zero-order valence-electron chi connectivity index (χ0n) is 9.90. The van der Waals surface area contributed by atoms with Gasteiger partial charge < -0.3 is 5.32 Å². The first-order valence-electron chi connectivity index (χ1n) is 5.37. The van der Waals surface area contributed by atoms with Crippen molar-refractivity contribution in [3.8, 4) is 0 Å². The first-order valence-corrected chi connectivity index (χ1v) is 7.71. The Morgan fingerprint density at radius 2 is 2.06 bits per heavy atom. The minimum absolute atomic E-state index is 0.110. The number of hydrogen-bond acceptors (Lipinski definition) is 3. The van der Waals surface area contributed by atoms with Crippen molar-refractivity contribution in [1.82, 2.24) is 0 Å². The fourth-order valence-corrected chi connectivity index (χ4v) is 2.52. The summed E-state index contributed by atoms with van der Waals surface area (Å²) in [5, 5.41) is 8.29. The maximum Gasteiger partial charge on any atom is 0.238 e. The highest BCUT2D eigenvalue weighted by Gasteiger charge is 2.09. The van der Waals surface area contributed by atoms with E-state index in [1.165, 1.54) is 12.1 Å². The van der Waals surface area contributed by atoms with Gasteiger partial charge in [-0.25, -0.2) is 13.6 Å². The lowest BCUT2D eigenvalue weighted by Gasteiger charge is -2.10. The summed E-state index contributed by atoms with van der Waals surface area (Å²) in [5.41, 5.74) is 0.873. The highest BCUT2D eigenvalue weighted by Crippen LogP contribution is 2.25. The van der Waals surface area contributed by atoms with Crippen molar-refractivity contribution in [1.29, 1.82) is 0 Å². The van der Waals surface area contributed by atoms with E-state index in [1.54, 1.807) is 6.07 Å². The standard InChI is InChI=1S/C11H17BrN2O2S/c1-8(2)5-6-14-11-4-3-9(7-10(11)12)17(13,15)16/h3-4,7-8,14H,5-6H2,1-2H3,(H2,13,15,16). The lowest BCUT2D eigenvalue weighted by Crippen LogP contribution is -2.12. The van der Waals surface area contributed by atoms with Gasteiger partial charge in [-0.05, 0) is 46.5 Å². The van der Waals surface area contributed by atoms with Crippen molar-refractivity contribution in [2.45, 2.75) is 25.2 Å². The largest absolute Gasteiger partial charge is 0.384 e. The van der Waals surface area contributed by atoms with Gasteiger partial charge in [-0.15, -0.1) is 0 Å². The summed E-state index contributed by atoms with van der Waals surface area (Å²) >= 11 is 3.32. The topological polar surface area (TPSA) is 72.2 Å². The normalized spacial score (nSPS) is 11.8. The molecule has 0 heterocycles. The summed E-state index contributed by atoms with van der Waals surface area (Å²) in [6, 6.07) is 4.72. The Labute approximate surface area is 111 Å². The predicted molar refractivity (Wildman–Crippen MR) is 73.5 cm³/mol. The van der Waals surface area contributed by atoms with Gasteiger partial charge in [0.05, 0.1) is 4.90 Å². The minimum Gasteiger partial charge on any atom is -0.384 e. The SMILES string of the molecule is CC(C)CCNc1ccc(S(N)(=O)=O)cc1Br. The maximum atomic E-state index is 11.1. The first-order chi connectivity index (χ1) is 7.80. The predicted octanol–water partition coefficient (Wildman–Crippen LogP) is 2.55. The van der Waals surface area contributed by atoms with E-state index >= 15 is 0 Å². The van der Waals surface area contributed by atoms with E-state index in [9.17, 15) is 8.42 Å². The van der Waals surface area contributed by atoms with Gasteiger partial charge in [-0.2, -0.15) is 0 Å². The molecular formula is C11H17BrN2O2S. The average Bonchev–Trinajstić information content (AvgIpc) is 2.18. The zero-order valence-corrected chi connectivity index (χ0v) is 12.3. The number of anilines is 1. The second kappa shape index (κ2) is 5.84. The summed E-state index contributed by atoms with van der Waals surface area (Å²) in [6.45, 7) is 5.16. The van der Waals surface area contributed by atoms with Crippen LogP contribution in [0.5, 0.6) is 0 Å². The number of nitrogens with two attached hydrogens (primary N) is 1. The van der Waals surface area contributed by atoms with E-state index in [0.29, 0.717) is 10.4 Å². The van der Waals surface area contributed by atoms with Crippen LogP contribution in [0.15, 0.2) is 27.6 Å². The summed E-state index contributed by atoms with van der Waals surface area (Å²) in [6.07, 6.45) is 1.06. The van der Waals surface area contributed by atoms with Gasteiger partial charge in [0.15, 0.2) is 0 Å². The van der Waals surface area contributed by atoms with E-state index in [0.717, 1.165) is 18.7 Å². The number of benzene rings is 1. The lowest BCUT2D eigenvalue weighted by molar-refractivity contribution is 0.597. The molecule has 0 amide bonds. The van der Waals surface area contributed by atoms with E-state index in [2.05, 4.69) is 35.1 Å². The molecule has 0 aliphatic heterocycles. The van der Waals surface area contributed by atoms with Crippen LogP contribution in [-0.2, 0) is 10.0 Å². The Morgan fingerprint density at radius 3 is 2.53 bits per heavy atom. The van der Waals surface area contributed by atoms with Crippen molar-refractivity contribution in [3.63, 3.8) is 0 Å². The third kappa shape index (κ3) is 4.65. The van der Waals surface area contributed by atoms with E-state index < -0.39 is 10.0 Å². The molecule has 0 aliphatic carbocycles. The Bertz CT molecular complexity index is 486. The van der Waals surface area contributed by atoms with Gasteiger partial charge in [0.25, 0.3) is 0 Å². The second-order valence-corrected chi connectivity index (χ2v) is 6.71. The molecule has 1 aromatic rings. The van der Waals surface area contributed by atoms with Crippen LogP contribution in [-0.4, -0.2) is 15.0 Å². The molecule has 4 nitrogen and oxygen atoms in total. The molecule has 6 heteroatoms. The zero-order chi connectivity index (χ0) is 13.1. The number of halogens is 1. The third-order valence-corrected chi connectivity index (χ3v) is 3.87. The Kier molecular flexibility index (Phi) is 4.97. The highest BCUT2D eigenvalue weighted by molar-refractivity contribution is 9.10. The Hall–Kier alpha value is -0.590. The number of nitrogens with one attached hydrogen (secondary N) is 1. The molecular weight excluding hydrogens is 304 g/mol. The Morgan fingerprint density at radius 1 is 1.41 bits per heavy atom. The van der Waals surface area contributed by atoms with Gasteiger partial charge in [0.1, 0.15) is 0 Å². The third-order valence-electron chi connectivity index (χ3n) is 2.31. The molecule has 0 fully saturated rings. The van der Waals surface area contributed by atoms with Gasteiger partial charge >= 0.3 is 0 Å². The van der Waals surface area contributed by atoms with Crippen molar-refractivity contribution in [2.24, 2.45) is 11.1 Å². The molecule has 1 aromatic carbocycles. The van der Waals surface area contributed by atoms with Crippen LogP contribution in [0.1, 0.15) is 20.3 Å². The molecule has 0 unspecified atom stereocenters. The second-order valence-electron chi connectivity index (χ2n) is 4.30. The summed E-state index contributed by atoms with van der Waals surface area (Å²) in [7, 11) is -3.63. The van der Waals surface area contributed by atoms with Crippen LogP contribution in [0.25, 0.3) is 0 Å². The summed E-state index contributed by atoms with van der Waals surface area (Å²) in [5.74, 6) is 0.630. The fourth-order valence-electron chi connectivity index (χ4n) is 1.31. The number of primary sulfonamides is 1. The molecule has 0 saturated heterocycles. The first kappa shape index (κ1) is 14.5. The van der Waals surface area contributed by atoms with Gasteiger partial charge in [0, 0.05) is 16.7 Å². The van der Waals surface area contributed by atoms with Gasteiger partial charge in [-0.3, -0.25) is 0 Å². The summed E-state index contributed by atoms with van der Waals surface area (Å²) < 4.78 is 23.0. The van der Waals surface area contributed by atoms with Crippen LogP contribution in [0.4, 0.5) is 5.69 Å². The molecule has 0 aliphatic rings. The number of sulfonamides is 1. The van der Waals surface area contributed by atoms with Gasteiger partial charge in [-0.1, -0.05) is 13.8 Å². The molecule has 0 aromatic heterocycles. The van der Waals surface area contributed by atoms with Crippen molar-refractivity contribution in [2.75, 3.05) is 11.9 Å². The molecule has 17 heavy (non-hydrogen) atoms. The summed E-state index contributed by atoms with van der Waals surface area (Å²) in [4.78, 5) is 0.110. The van der Waals surface area contributed by atoms with Crippen molar-refractivity contribution in [3.05, 3.63) is 22.7 Å². The number of hydrogen-bond donors (Lipinski definition) is 2. The smallest absolute Gasteiger partial charge is 0.238 e. The molecule has 96 valence electrons. The number of rotatable bonds is 5. The van der Waals surface area contributed by atoms with Crippen LogP contribution in [0.2, 0.25) is 0 Å². The van der Waals surface area contributed by atoms with Crippen LogP contribution < -0.4 is 10.5 Å². The van der Waals surface area contributed by atoms with Crippen molar-refractivity contribution < 1.29 is 8.42 Å². The lowest BCUT2D eigenvalue weighted by atomic mass is 10.1. The minimum atomic E-state index is -3.63. The molecule has 0 spiro atoms. The van der Waals surface area contributed by atoms with Crippen LogP contribution >= 0.6 is 15.9 Å². The highest BCUT2D eigenvalue weighted by atomic mass is 79.9. The molecule has 0 saturated carbocycles. The molecule has 1 rings (SSSR count).